The third-order valence-corrected chi connectivity index (χ3v) is 3.54. The van der Waals surface area contributed by atoms with Gasteiger partial charge in [0.2, 0.25) is 0 Å². The number of nitrogens with zero attached hydrogens (tertiary/aromatic N) is 1. The summed E-state index contributed by atoms with van der Waals surface area (Å²) in [5.41, 5.74) is 0. The van der Waals surface area contributed by atoms with E-state index in [4.69, 9.17) is 4.74 Å². The lowest BCUT2D eigenvalue weighted by Crippen LogP contribution is -2.51. The van der Waals surface area contributed by atoms with Crippen LogP contribution >= 0.6 is 12.4 Å². The molecular formula is C12H23ClN2O2. The number of rotatable bonds is 1. The maximum absolute atomic E-state index is 12.3. The molecule has 2 atom stereocenters. The number of carbonyl (C=O) groups excluding carboxylic acids is 1. The standard InChI is InChI=1S/C12H22N2O2.ClH/c1-10-5-3-2-4-7-14(10)12(15)11-9-13-6-8-16-11;/h10-11,13H,2-9H2,1H3;1H. The van der Waals surface area contributed by atoms with E-state index in [0.29, 0.717) is 19.2 Å². The first kappa shape index (κ1) is 14.7. The summed E-state index contributed by atoms with van der Waals surface area (Å²) in [5, 5.41) is 3.21. The van der Waals surface area contributed by atoms with Gasteiger partial charge in [-0.2, -0.15) is 0 Å². The highest BCUT2D eigenvalue weighted by Gasteiger charge is 2.30. The molecule has 1 N–H and O–H groups in total. The number of halogens is 1. The van der Waals surface area contributed by atoms with Gasteiger partial charge in [0.1, 0.15) is 6.10 Å². The summed E-state index contributed by atoms with van der Waals surface area (Å²) in [7, 11) is 0. The molecule has 5 heteroatoms. The summed E-state index contributed by atoms with van der Waals surface area (Å²) < 4.78 is 5.53. The maximum Gasteiger partial charge on any atom is 0.253 e. The Morgan fingerprint density at radius 3 is 2.88 bits per heavy atom. The highest BCUT2D eigenvalue weighted by atomic mass is 35.5. The van der Waals surface area contributed by atoms with Crippen LogP contribution in [0.3, 0.4) is 0 Å². The van der Waals surface area contributed by atoms with Crippen LogP contribution in [0.2, 0.25) is 0 Å². The van der Waals surface area contributed by atoms with Gasteiger partial charge in [0.05, 0.1) is 6.61 Å². The lowest BCUT2D eigenvalue weighted by Gasteiger charge is -2.32. The molecule has 2 saturated heterocycles. The molecule has 2 fully saturated rings. The number of morpholine rings is 1. The Kier molecular flexibility index (Phi) is 6.23. The molecule has 2 unspecified atom stereocenters. The Hall–Kier alpha value is -0.320. The third kappa shape index (κ3) is 3.83. The summed E-state index contributed by atoms with van der Waals surface area (Å²) in [4.78, 5) is 14.3. The third-order valence-electron chi connectivity index (χ3n) is 3.54. The largest absolute Gasteiger partial charge is 0.366 e. The van der Waals surface area contributed by atoms with Crippen molar-refractivity contribution in [1.29, 1.82) is 0 Å². The summed E-state index contributed by atoms with van der Waals surface area (Å²) in [6, 6.07) is 0.375. The molecule has 1 amide bonds. The monoisotopic (exact) mass is 262 g/mol. The van der Waals surface area contributed by atoms with E-state index in [-0.39, 0.29) is 24.4 Å². The molecule has 17 heavy (non-hydrogen) atoms. The lowest BCUT2D eigenvalue weighted by atomic mass is 10.1. The molecule has 100 valence electrons. The number of ether oxygens (including phenoxy) is 1. The quantitative estimate of drug-likeness (QED) is 0.772. The Labute approximate surface area is 109 Å². The van der Waals surface area contributed by atoms with Crippen LogP contribution in [0.4, 0.5) is 0 Å². The van der Waals surface area contributed by atoms with E-state index in [9.17, 15) is 4.79 Å². The number of amides is 1. The Balaban J connectivity index is 0.00000144. The van der Waals surface area contributed by atoms with E-state index in [2.05, 4.69) is 12.2 Å². The van der Waals surface area contributed by atoms with Crippen LogP contribution in [0.1, 0.15) is 32.6 Å². The van der Waals surface area contributed by atoms with Gasteiger partial charge in [-0.25, -0.2) is 0 Å². The average Bonchev–Trinajstić information content (AvgIpc) is 2.54. The first-order valence-corrected chi connectivity index (χ1v) is 6.42. The topological polar surface area (TPSA) is 41.6 Å². The Morgan fingerprint density at radius 2 is 2.18 bits per heavy atom. The minimum absolute atomic E-state index is 0. The molecule has 0 radical (unpaired) electrons. The Morgan fingerprint density at radius 1 is 1.35 bits per heavy atom. The highest BCUT2D eigenvalue weighted by molar-refractivity contribution is 5.85. The second-order valence-corrected chi connectivity index (χ2v) is 4.79. The number of nitrogens with one attached hydrogen (secondary N) is 1. The fraction of sp³-hybridized carbons (Fsp3) is 0.917. The van der Waals surface area contributed by atoms with Crippen molar-refractivity contribution in [3.63, 3.8) is 0 Å². The van der Waals surface area contributed by atoms with E-state index >= 15 is 0 Å². The molecular weight excluding hydrogens is 240 g/mol. The van der Waals surface area contributed by atoms with Crippen LogP contribution < -0.4 is 5.32 Å². The van der Waals surface area contributed by atoms with Crippen molar-refractivity contribution in [3.8, 4) is 0 Å². The van der Waals surface area contributed by atoms with E-state index in [1.54, 1.807) is 0 Å². The Bertz CT molecular complexity index is 245. The van der Waals surface area contributed by atoms with Crippen molar-refractivity contribution in [2.75, 3.05) is 26.2 Å². The van der Waals surface area contributed by atoms with Gasteiger partial charge in [0, 0.05) is 25.7 Å². The van der Waals surface area contributed by atoms with E-state index < -0.39 is 0 Å². The van der Waals surface area contributed by atoms with Gasteiger partial charge in [0.15, 0.2) is 0 Å². The van der Waals surface area contributed by atoms with Crippen LogP contribution in [-0.4, -0.2) is 49.2 Å². The molecule has 4 nitrogen and oxygen atoms in total. The summed E-state index contributed by atoms with van der Waals surface area (Å²) in [6.07, 6.45) is 4.50. The fourth-order valence-electron chi connectivity index (χ4n) is 2.51. The SMILES string of the molecule is CC1CCCCCN1C(=O)C1CNCCO1.Cl. The molecule has 2 heterocycles. The molecule has 2 aliphatic heterocycles. The number of carbonyl (C=O) groups is 1. The van der Waals surface area contributed by atoms with Crippen molar-refractivity contribution in [3.05, 3.63) is 0 Å². The zero-order chi connectivity index (χ0) is 11.4. The summed E-state index contributed by atoms with van der Waals surface area (Å²) >= 11 is 0. The molecule has 0 aromatic rings. The van der Waals surface area contributed by atoms with Crippen molar-refractivity contribution in [2.24, 2.45) is 0 Å². The summed E-state index contributed by atoms with van der Waals surface area (Å²) in [5.74, 6) is 0.182. The minimum Gasteiger partial charge on any atom is -0.366 e. The number of likely N-dealkylation sites (tertiary alicyclic amines) is 1. The fourth-order valence-corrected chi connectivity index (χ4v) is 2.51. The van der Waals surface area contributed by atoms with Crippen molar-refractivity contribution in [2.45, 2.75) is 44.8 Å². The van der Waals surface area contributed by atoms with Crippen LogP contribution in [0.5, 0.6) is 0 Å². The number of hydrogen-bond acceptors (Lipinski definition) is 3. The van der Waals surface area contributed by atoms with Gasteiger partial charge in [-0.15, -0.1) is 12.4 Å². The lowest BCUT2D eigenvalue weighted by molar-refractivity contribution is -0.147. The summed E-state index contributed by atoms with van der Waals surface area (Å²) in [6.45, 7) is 5.24. The van der Waals surface area contributed by atoms with Gasteiger partial charge in [0.25, 0.3) is 5.91 Å². The first-order valence-electron chi connectivity index (χ1n) is 6.42. The minimum atomic E-state index is -0.255. The molecule has 2 rings (SSSR count). The smallest absolute Gasteiger partial charge is 0.253 e. The van der Waals surface area contributed by atoms with Crippen molar-refractivity contribution >= 4 is 18.3 Å². The van der Waals surface area contributed by atoms with Crippen molar-refractivity contribution < 1.29 is 9.53 Å². The molecule has 0 saturated carbocycles. The van der Waals surface area contributed by atoms with Gasteiger partial charge in [-0.1, -0.05) is 12.8 Å². The van der Waals surface area contributed by atoms with Gasteiger partial charge in [-0.05, 0) is 19.8 Å². The first-order chi connectivity index (χ1) is 7.79. The van der Waals surface area contributed by atoms with Gasteiger partial charge < -0.3 is 15.0 Å². The average molecular weight is 263 g/mol. The van der Waals surface area contributed by atoms with Crippen LogP contribution in [0.15, 0.2) is 0 Å². The number of hydrogen-bond donors (Lipinski definition) is 1. The zero-order valence-corrected chi connectivity index (χ0v) is 11.3. The molecule has 0 aromatic carbocycles. The van der Waals surface area contributed by atoms with Crippen molar-refractivity contribution in [1.82, 2.24) is 10.2 Å². The highest BCUT2D eigenvalue weighted by Crippen LogP contribution is 2.18. The molecule has 2 aliphatic rings. The normalized spacial score (nSPS) is 30.3. The second-order valence-electron chi connectivity index (χ2n) is 4.79. The van der Waals surface area contributed by atoms with Gasteiger partial charge in [-0.3, -0.25) is 4.79 Å². The predicted octanol–water partition coefficient (Wildman–Crippen LogP) is 1.19. The van der Waals surface area contributed by atoms with Crippen LogP contribution in [-0.2, 0) is 9.53 Å². The molecule has 0 bridgehead atoms. The maximum atomic E-state index is 12.3. The van der Waals surface area contributed by atoms with E-state index in [1.165, 1.54) is 12.8 Å². The van der Waals surface area contributed by atoms with Gasteiger partial charge >= 0.3 is 0 Å². The van der Waals surface area contributed by atoms with E-state index in [1.807, 2.05) is 4.90 Å². The zero-order valence-electron chi connectivity index (χ0n) is 10.5. The van der Waals surface area contributed by atoms with Crippen LogP contribution in [0, 0.1) is 0 Å². The van der Waals surface area contributed by atoms with Crippen LogP contribution in [0.25, 0.3) is 0 Å². The molecule has 0 aliphatic carbocycles. The predicted molar refractivity (Wildman–Crippen MR) is 69.5 cm³/mol. The molecule has 0 aromatic heterocycles. The van der Waals surface area contributed by atoms with E-state index in [0.717, 1.165) is 25.9 Å². The molecule has 0 spiro atoms. The second kappa shape index (κ2) is 7.19.